The number of amides is 1. The molecule has 0 fully saturated rings. The first-order valence-electron chi connectivity index (χ1n) is 5.30. The summed E-state index contributed by atoms with van der Waals surface area (Å²) >= 11 is 11.8. The molecule has 0 radical (unpaired) electrons. The van der Waals surface area contributed by atoms with E-state index in [9.17, 15) is 4.79 Å². The van der Waals surface area contributed by atoms with Crippen LogP contribution in [0.25, 0.3) is 0 Å². The van der Waals surface area contributed by atoms with Gasteiger partial charge in [0.25, 0.3) is 0 Å². The Labute approximate surface area is 111 Å². The molecule has 1 aromatic rings. The van der Waals surface area contributed by atoms with Crippen molar-refractivity contribution < 1.29 is 9.53 Å². The van der Waals surface area contributed by atoms with Gasteiger partial charge in [-0.3, -0.25) is 4.79 Å². The SMILES string of the molecule is CCOCC(=O)N(C)Cc1ccc(Cl)cc1Cl. The zero-order chi connectivity index (χ0) is 12.8. The summed E-state index contributed by atoms with van der Waals surface area (Å²) in [5.74, 6) is -0.0714. The van der Waals surface area contributed by atoms with E-state index in [1.165, 1.54) is 0 Å². The Morgan fingerprint density at radius 3 is 2.71 bits per heavy atom. The molecule has 0 atom stereocenters. The Morgan fingerprint density at radius 1 is 1.41 bits per heavy atom. The zero-order valence-corrected chi connectivity index (χ0v) is 11.4. The number of likely N-dealkylation sites (N-methyl/N-ethyl adjacent to an activating group) is 1. The number of nitrogens with zero attached hydrogens (tertiary/aromatic N) is 1. The van der Waals surface area contributed by atoms with Gasteiger partial charge in [0.1, 0.15) is 6.61 Å². The maximum absolute atomic E-state index is 11.6. The van der Waals surface area contributed by atoms with Gasteiger partial charge in [-0.15, -0.1) is 0 Å². The molecule has 0 heterocycles. The number of rotatable bonds is 5. The highest BCUT2D eigenvalue weighted by molar-refractivity contribution is 6.35. The van der Waals surface area contributed by atoms with Gasteiger partial charge in [-0.2, -0.15) is 0 Å². The monoisotopic (exact) mass is 275 g/mol. The van der Waals surface area contributed by atoms with E-state index in [1.54, 1.807) is 24.1 Å². The van der Waals surface area contributed by atoms with Crippen LogP contribution in [0.2, 0.25) is 10.0 Å². The number of halogens is 2. The van der Waals surface area contributed by atoms with Gasteiger partial charge < -0.3 is 9.64 Å². The average Bonchev–Trinajstić information content (AvgIpc) is 2.29. The van der Waals surface area contributed by atoms with Crippen LogP contribution in [0.4, 0.5) is 0 Å². The van der Waals surface area contributed by atoms with Crippen molar-refractivity contribution in [3.8, 4) is 0 Å². The lowest BCUT2D eigenvalue weighted by Crippen LogP contribution is -2.29. The van der Waals surface area contributed by atoms with Gasteiger partial charge in [-0.1, -0.05) is 29.3 Å². The smallest absolute Gasteiger partial charge is 0.248 e. The van der Waals surface area contributed by atoms with Crippen LogP contribution in [0.3, 0.4) is 0 Å². The topological polar surface area (TPSA) is 29.5 Å². The van der Waals surface area contributed by atoms with Gasteiger partial charge in [-0.25, -0.2) is 0 Å². The second kappa shape index (κ2) is 6.84. The molecule has 1 rings (SSSR count). The van der Waals surface area contributed by atoms with Crippen molar-refractivity contribution in [3.05, 3.63) is 33.8 Å². The highest BCUT2D eigenvalue weighted by atomic mass is 35.5. The number of carbonyl (C=O) groups is 1. The second-order valence-electron chi connectivity index (χ2n) is 3.62. The van der Waals surface area contributed by atoms with Crippen LogP contribution < -0.4 is 0 Å². The number of hydrogen-bond donors (Lipinski definition) is 0. The van der Waals surface area contributed by atoms with Gasteiger partial charge in [0.05, 0.1) is 0 Å². The first-order valence-corrected chi connectivity index (χ1v) is 6.05. The summed E-state index contributed by atoms with van der Waals surface area (Å²) in [7, 11) is 1.71. The van der Waals surface area contributed by atoms with Gasteiger partial charge in [-0.05, 0) is 24.6 Å². The summed E-state index contributed by atoms with van der Waals surface area (Å²) in [6.45, 7) is 2.92. The molecule has 3 nitrogen and oxygen atoms in total. The molecule has 0 spiro atoms. The maximum Gasteiger partial charge on any atom is 0.248 e. The molecule has 5 heteroatoms. The van der Waals surface area contributed by atoms with Crippen LogP contribution in [-0.4, -0.2) is 31.1 Å². The third-order valence-corrected chi connectivity index (χ3v) is 2.86. The van der Waals surface area contributed by atoms with Crippen LogP contribution in [0.5, 0.6) is 0 Å². The van der Waals surface area contributed by atoms with E-state index in [4.69, 9.17) is 27.9 Å². The van der Waals surface area contributed by atoms with E-state index in [0.717, 1.165) is 5.56 Å². The first-order chi connectivity index (χ1) is 8.04. The molecule has 0 saturated heterocycles. The summed E-state index contributed by atoms with van der Waals surface area (Å²) < 4.78 is 5.06. The minimum absolute atomic E-state index is 0.0714. The number of benzene rings is 1. The quantitative estimate of drug-likeness (QED) is 0.827. The first kappa shape index (κ1) is 14.3. The Morgan fingerprint density at radius 2 is 2.12 bits per heavy atom. The molecule has 0 aliphatic heterocycles. The second-order valence-corrected chi connectivity index (χ2v) is 4.47. The largest absolute Gasteiger partial charge is 0.372 e. The van der Waals surface area contributed by atoms with E-state index in [0.29, 0.717) is 23.2 Å². The summed E-state index contributed by atoms with van der Waals surface area (Å²) in [4.78, 5) is 13.2. The lowest BCUT2D eigenvalue weighted by Gasteiger charge is -2.17. The molecule has 0 saturated carbocycles. The molecule has 0 unspecified atom stereocenters. The lowest BCUT2D eigenvalue weighted by atomic mass is 10.2. The van der Waals surface area contributed by atoms with Gasteiger partial charge >= 0.3 is 0 Å². The van der Waals surface area contributed by atoms with Crippen molar-refractivity contribution in [1.29, 1.82) is 0 Å². The molecule has 0 N–H and O–H groups in total. The fraction of sp³-hybridized carbons (Fsp3) is 0.417. The fourth-order valence-corrected chi connectivity index (χ4v) is 1.76. The Hall–Kier alpha value is -0.770. The Kier molecular flexibility index (Phi) is 5.75. The molecule has 17 heavy (non-hydrogen) atoms. The molecule has 1 aromatic carbocycles. The predicted molar refractivity (Wildman–Crippen MR) is 69.4 cm³/mol. The van der Waals surface area contributed by atoms with Gasteiger partial charge in [0.2, 0.25) is 5.91 Å². The van der Waals surface area contributed by atoms with Crippen LogP contribution in [0.15, 0.2) is 18.2 Å². The van der Waals surface area contributed by atoms with Crippen molar-refractivity contribution in [2.24, 2.45) is 0 Å². The minimum Gasteiger partial charge on any atom is -0.372 e. The van der Waals surface area contributed by atoms with E-state index >= 15 is 0 Å². The lowest BCUT2D eigenvalue weighted by molar-refractivity contribution is -0.135. The van der Waals surface area contributed by atoms with Crippen molar-refractivity contribution in [2.75, 3.05) is 20.3 Å². The normalized spacial score (nSPS) is 10.4. The van der Waals surface area contributed by atoms with Gasteiger partial charge in [0.15, 0.2) is 0 Å². The maximum atomic E-state index is 11.6. The van der Waals surface area contributed by atoms with Crippen LogP contribution in [-0.2, 0) is 16.1 Å². The van der Waals surface area contributed by atoms with Crippen molar-refractivity contribution >= 4 is 29.1 Å². The molecule has 0 bridgehead atoms. The van der Waals surface area contributed by atoms with E-state index in [2.05, 4.69) is 0 Å². The van der Waals surface area contributed by atoms with Crippen LogP contribution in [0.1, 0.15) is 12.5 Å². The molecular formula is C12H15Cl2NO2. The zero-order valence-electron chi connectivity index (χ0n) is 9.87. The minimum atomic E-state index is -0.0714. The summed E-state index contributed by atoms with van der Waals surface area (Å²) in [6, 6.07) is 5.23. The van der Waals surface area contributed by atoms with Crippen molar-refractivity contribution in [2.45, 2.75) is 13.5 Å². The number of hydrogen-bond acceptors (Lipinski definition) is 2. The standard InChI is InChI=1S/C12H15Cl2NO2/c1-3-17-8-12(16)15(2)7-9-4-5-10(13)6-11(9)14/h4-6H,3,7-8H2,1-2H3. The summed E-state index contributed by atoms with van der Waals surface area (Å²) in [6.07, 6.45) is 0. The highest BCUT2D eigenvalue weighted by Crippen LogP contribution is 2.21. The number of carbonyl (C=O) groups excluding carboxylic acids is 1. The Balaban J connectivity index is 2.61. The molecule has 0 aliphatic carbocycles. The molecular weight excluding hydrogens is 261 g/mol. The van der Waals surface area contributed by atoms with Crippen molar-refractivity contribution in [3.63, 3.8) is 0 Å². The van der Waals surface area contributed by atoms with Crippen molar-refractivity contribution in [1.82, 2.24) is 4.90 Å². The third-order valence-electron chi connectivity index (χ3n) is 2.28. The van der Waals surface area contributed by atoms with E-state index in [-0.39, 0.29) is 12.5 Å². The average molecular weight is 276 g/mol. The van der Waals surface area contributed by atoms with E-state index < -0.39 is 0 Å². The van der Waals surface area contributed by atoms with E-state index in [1.807, 2.05) is 13.0 Å². The molecule has 0 aliphatic rings. The summed E-state index contributed by atoms with van der Waals surface area (Å²) in [5, 5.41) is 1.15. The molecule has 1 amide bonds. The predicted octanol–water partition coefficient (Wildman–Crippen LogP) is 2.99. The molecule has 94 valence electrons. The number of ether oxygens (including phenoxy) is 1. The van der Waals surface area contributed by atoms with Gasteiger partial charge in [0, 0.05) is 30.2 Å². The third kappa shape index (κ3) is 4.54. The van der Waals surface area contributed by atoms with Crippen LogP contribution >= 0.6 is 23.2 Å². The summed E-state index contributed by atoms with van der Waals surface area (Å²) in [5.41, 5.74) is 0.864. The molecule has 0 aromatic heterocycles. The Bertz CT molecular complexity index is 396. The fourth-order valence-electron chi connectivity index (χ4n) is 1.29. The van der Waals surface area contributed by atoms with Crippen LogP contribution in [0, 0.1) is 0 Å². The highest BCUT2D eigenvalue weighted by Gasteiger charge is 2.11.